The Morgan fingerprint density at radius 1 is 0.861 bits per heavy atom. The van der Waals surface area contributed by atoms with E-state index in [2.05, 4.69) is 23.0 Å². The lowest BCUT2D eigenvalue weighted by atomic mass is 10.1. The first-order valence-corrected chi connectivity index (χ1v) is 11.8. The highest BCUT2D eigenvalue weighted by molar-refractivity contribution is 5.94. The topological polar surface area (TPSA) is 68.1 Å². The van der Waals surface area contributed by atoms with Gasteiger partial charge in [0.2, 0.25) is 0 Å². The number of hydrogen-bond acceptors (Lipinski definition) is 4. The van der Waals surface area contributed by atoms with Crippen LogP contribution in [-0.2, 0) is 13.1 Å². The summed E-state index contributed by atoms with van der Waals surface area (Å²) in [6, 6.07) is 26.4. The molecule has 36 heavy (non-hydrogen) atoms. The minimum Gasteiger partial charge on any atom is -0.330 e. The van der Waals surface area contributed by atoms with Crippen molar-refractivity contribution in [2.75, 3.05) is 0 Å². The third-order valence-electron chi connectivity index (χ3n) is 6.32. The SMILES string of the molecule is Cc1ccccc1CN(Cc1cccnc1)C(=O)c1ccc(-n2c(C)nc3ccccc3c2=O)cc1. The number of pyridine rings is 1. The first kappa shape index (κ1) is 23.2. The van der Waals surface area contributed by atoms with Crippen molar-refractivity contribution >= 4 is 16.8 Å². The molecule has 0 radical (unpaired) electrons. The third-order valence-corrected chi connectivity index (χ3v) is 6.32. The molecule has 0 atom stereocenters. The molecule has 0 aliphatic heterocycles. The summed E-state index contributed by atoms with van der Waals surface area (Å²) in [5.74, 6) is 0.505. The van der Waals surface area contributed by atoms with Crippen molar-refractivity contribution in [3.05, 3.63) is 136 Å². The van der Waals surface area contributed by atoms with Gasteiger partial charge in [-0.25, -0.2) is 4.98 Å². The zero-order valence-electron chi connectivity index (χ0n) is 20.3. The number of para-hydroxylation sites is 1. The molecule has 0 saturated heterocycles. The van der Waals surface area contributed by atoms with Crippen molar-refractivity contribution in [2.24, 2.45) is 0 Å². The Morgan fingerprint density at radius 2 is 1.61 bits per heavy atom. The molecular formula is C30H26N4O2. The van der Waals surface area contributed by atoms with Crippen LogP contribution in [0.5, 0.6) is 0 Å². The molecule has 5 aromatic rings. The lowest BCUT2D eigenvalue weighted by molar-refractivity contribution is 0.0729. The Hall–Kier alpha value is -4.58. The second-order valence-electron chi connectivity index (χ2n) is 8.81. The lowest BCUT2D eigenvalue weighted by Crippen LogP contribution is -2.30. The van der Waals surface area contributed by atoms with Crippen LogP contribution in [0.15, 0.2) is 102 Å². The van der Waals surface area contributed by atoms with E-state index in [1.54, 1.807) is 47.3 Å². The smallest absolute Gasteiger partial charge is 0.265 e. The number of fused-ring (bicyclic) bond motifs is 1. The first-order chi connectivity index (χ1) is 17.5. The number of carbonyl (C=O) groups excluding carboxylic acids is 1. The van der Waals surface area contributed by atoms with Crippen molar-refractivity contribution in [3.63, 3.8) is 0 Å². The van der Waals surface area contributed by atoms with E-state index in [1.807, 2.05) is 60.4 Å². The Balaban J connectivity index is 1.47. The number of aryl methyl sites for hydroxylation is 2. The quantitative estimate of drug-likeness (QED) is 0.338. The van der Waals surface area contributed by atoms with Crippen LogP contribution in [0.4, 0.5) is 0 Å². The van der Waals surface area contributed by atoms with Crippen molar-refractivity contribution in [1.82, 2.24) is 19.4 Å². The highest BCUT2D eigenvalue weighted by Gasteiger charge is 2.18. The van der Waals surface area contributed by atoms with Gasteiger partial charge in [-0.1, -0.05) is 42.5 Å². The molecular weight excluding hydrogens is 448 g/mol. The van der Waals surface area contributed by atoms with E-state index < -0.39 is 0 Å². The summed E-state index contributed by atoms with van der Waals surface area (Å²) in [5, 5.41) is 0.559. The summed E-state index contributed by atoms with van der Waals surface area (Å²) in [5.41, 5.74) is 4.95. The van der Waals surface area contributed by atoms with Gasteiger partial charge in [-0.15, -0.1) is 0 Å². The molecule has 0 spiro atoms. The maximum Gasteiger partial charge on any atom is 0.265 e. The van der Waals surface area contributed by atoms with Gasteiger partial charge in [-0.05, 0) is 73.0 Å². The predicted octanol–water partition coefficient (Wildman–Crippen LogP) is 5.24. The Kier molecular flexibility index (Phi) is 6.41. The minimum atomic E-state index is -0.130. The number of hydrogen-bond donors (Lipinski definition) is 0. The maximum absolute atomic E-state index is 13.6. The first-order valence-electron chi connectivity index (χ1n) is 11.8. The largest absolute Gasteiger partial charge is 0.330 e. The van der Waals surface area contributed by atoms with Crippen molar-refractivity contribution in [3.8, 4) is 5.69 Å². The van der Waals surface area contributed by atoms with Crippen molar-refractivity contribution < 1.29 is 4.79 Å². The average Bonchev–Trinajstić information content (AvgIpc) is 2.90. The van der Waals surface area contributed by atoms with Gasteiger partial charge < -0.3 is 4.90 Å². The molecule has 0 unspecified atom stereocenters. The standard InChI is InChI=1S/C30H26N4O2/c1-21-8-3-4-10-25(21)20-33(19-23-9-7-17-31-18-23)29(35)24-13-15-26(16-14-24)34-22(2)32-28-12-6-5-11-27(28)30(34)36/h3-18H,19-20H2,1-2H3. The lowest BCUT2D eigenvalue weighted by Gasteiger charge is -2.24. The molecule has 0 fully saturated rings. The fourth-order valence-electron chi connectivity index (χ4n) is 4.39. The number of benzene rings is 3. The van der Waals surface area contributed by atoms with E-state index in [1.165, 1.54) is 0 Å². The summed E-state index contributed by atoms with van der Waals surface area (Å²) in [4.78, 5) is 37.4. The van der Waals surface area contributed by atoms with E-state index in [4.69, 9.17) is 0 Å². The van der Waals surface area contributed by atoms with Crippen LogP contribution in [-0.4, -0.2) is 25.3 Å². The molecule has 2 heterocycles. The predicted molar refractivity (Wildman–Crippen MR) is 141 cm³/mol. The minimum absolute atomic E-state index is 0.0886. The number of rotatable bonds is 6. The number of aromatic nitrogens is 3. The normalized spacial score (nSPS) is 10.9. The van der Waals surface area contributed by atoms with Gasteiger partial charge in [0.1, 0.15) is 5.82 Å². The monoisotopic (exact) mass is 474 g/mol. The van der Waals surface area contributed by atoms with Crippen LogP contribution < -0.4 is 5.56 Å². The average molecular weight is 475 g/mol. The van der Waals surface area contributed by atoms with Crippen LogP contribution in [0.3, 0.4) is 0 Å². The van der Waals surface area contributed by atoms with Crippen LogP contribution in [0.1, 0.15) is 32.9 Å². The molecule has 5 rings (SSSR count). The molecule has 0 N–H and O–H groups in total. The second kappa shape index (κ2) is 9.96. The van der Waals surface area contributed by atoms with Crippen molar-refractivity contribution in [1.29, 1.82) is 0 Å². The zero-order chi connectivity index (χ0) is 25.1. The van der Waals surface area contributed by atoms with Gasteiger partial charge in [0.15, 0.2) is 0 Å². The summed E-state index contributed by atoms with van der Waals surface area (Å²) < 4.78 is 1.58. The molecule has 178 valence electrons. The fraction of sp³-hybridized carbons (Fsp3) is 0.133. The van der Waals surface area contributed by atoms with E-state index in [9.17, 15) is 9.59 Å². The molecule has 1 amide bonds. The Bertz CT molecular complexity index is 1590. The summed E-state index contributed by atoms with van der Waals surface area (Å²) in [6.07, 6.45) is 3.50. The van der Waals surface area contributed by atoms with Gasteiger partial charge in [0.25, 0.3) is 11.5 Å². The zero-order valence-corrected chi connectivity index (χ0v) is 20.3. The van der Waals surface area contributed by atoms with Gasteiger partial charge in [0, 0.05) is 31.0 Å². The highest BCUT2D eigenvalue weighted by atomic mass is 16.2. The van der Waals surface area contributed by atoms with Crippen LogP contribution in [0, 0.1) is 13.8 Å². The number of amides is 1. The molecule has 0 aliphatic rings. The molecule has 6 heteroatoms. The highest BCUT2D eigenvalue weighted by Crippen LogP contribution is 2.18. The van der Waals surface area contributed by atoms with Gasteiger partial charge >= 0.3 is 0 Å². The van der Waals surface area contributed by atoms with E-state index in [0.29, 0.717) is 41.1 Å². The number of nitrogens with zero attached hydrogens (tertiary/aromatic N) is 4. The molecule has 0 bridgehead atoms. The van der Waals surface area contributed by atoms with Gasteiger partial charge in [-0.3, -0.25) is 19.1 Å². The van der Waals surface area contributed by atoms with Crippen molar-refractivity contribution in [2.45, 2.75) is 26.9 Å². The number of carbonyl (C=O) groups is 1. The molecule has 0 saturated carbocycles. The van der Waals surface area contributed by atoms with Gasteiger partial charge in [0.05, 0.1) is 16.6 Å². The van der Waals surface area contributed by atoms with Crippen LogP contribution in [0.2, 0.25) is 0 Å². The van der Waals surface area contributed by atoms with E-state index in [0.717, 1.165) is 16.7 Å². The van der Waals surface area contributed by atoms with Crippen LogP contribution >= 0.6 is 0 Å². The maximum atomic E-state index is 13.6. The molecule has 0 aliphatic carbocycles. The molecule has 3 aromatic carbocycles. The summed E-state index contributed by atoms with van der Waals surface area (Å²) in [6.45, 7) is 4.78. The molecule has 2 aromatic heterocycles. The fourth-order valence-corrected chi connectivity index (χ4v) is 4.39. The van der Waals surface area contributed by atoms with E-state index >= 15 is 0 Å². The second-order valence-corrected chi connectivity index (χ2v) is 8.81. The Labute approximate surface area is 209 Å². The summed E-state index contributed by atoms with van der Waals surface area (Å²) >= 11 is 0. The van der Waals surface area contributed by atoms with Gasteiger partial charge in [-0.2, -0.15) is 0 Å². The van der Waals surface area contributed by atoms with E-state index in [-0.39, 0.29) is 11.5 Å². The van der Waals surface area contributed by atoms with Crippen LogP contribution in [0.25, 0.3) is 16.6 Å². The Morgan fingerprint density at radius 3 is 2.36 bits per heavy atom. The summed E-state index contributed by atoms with van der Waals surface area (Å²) in [7, 11) is 0. The molecule has 6 nitrogen and oxygen atoms in total. The third kappa shape index (κ3) is 4.66.